The zero-order valence-corrected chi connectivity index (χ0v) is 8.45. The molecule has 0 fully saturated rings. The van der Waals surface area contributed by atoms with Gasteiger partial charge in [-0.05, 0) is 13.8 Å². The first-order valence-corrected chi connectivity index (χ1v) is 5.40. The highest BCUT2D eigenvalue weighted by Crippen LogP contribution is 2.53. The highest BCUT2D eigenvalue weighted by atomic mass is 31.2. The Balaban J connectivity index is 4.70. The van der Waals surface area contributed by atoms with Crippen molar-refractivity contribution in [3.05, 3.63) is 11.4 Å². The van der Waals surface area contributed by atoms with Gasteiger partial charge in [0.25, 0.3) is 0 Å². The minimum atomic E-state index is -3.54. The molecule has 0 aromatic carbocycles. The Kier molecular flexibility index (Phi) is 5.34. The third-order valence-corrected chi connectivity index (χ3v) is 3.22. The molecular weight excluding hydrogens is 191 g/mol. The van der Waals surface area contributed by atoms with Crippen LogP contribution in [0.25, 0.3) is 4.85 Å². The van der Waals surface area contributed by atoms with Crippen LogP contribution in [-0.2, 0) is 13.6 Å². The van der Waals surface area contributed by atoms with Crippen LogP contribution in [0.5, 0.6) is 0 Å². The molecule has 0 N–H and O–H groups in total. The zero-order chi connectivity index (χ0) is 10.3. The van der Waals surface area contributed by atoms with Crippen LogP contribution in [-0.4, -0.2) is 19.0 Å². The molecule has 0 rings (SSSR count). The van der Waals surface area contributed by atoms with Crippen LogP contribution in [0, 0.1) is 17.9 Å². The van der Waals surface area contributed by atoms with E-state index in [1.54, 1.807) is 19.9 Å². The van der Waals surface area contributed by atoms with Crippen LogP contribution in [0.4, 0.5) is 0 Å². The lowest BCUT2D eigenvalue weighted by Gasteiger charge is -2.13. The molecule has 0 radical (unpaired) electrons. The summed E-state index contributed by atoms with van der Waals surface area (Å²) in [5, 5.41) is 8.52. The van der Waals surface area contributed by atoms with Gasteiger partial charge in [0.2, 0.25) is 0 Å². The van der Waals surface area contributed by atoms with Crippen molar-refractivity contribution in [2.24, 2.45) is 0 Å². The van der Waals surface area contributed by atoms with Crippen molar-refractivity contribution in [1.82, 2.24) is 0 Å². The van der Waals surface area contributed by atoms with Gasteiger partial charge >= 0.3 is 13.4 Å². The molecule has 1 unspecified atom stereocenters. The van der Waals surface area contributed by atoms with Crippen LogP contribution in [0.2, 0.25) is 0 Å². The number of hydrogen-bond acceptors (Lipinski definition) is 4. The largest absolute Gasteiger partial charge is 0.428 e. The first-order chi connectivity index (χ1) is 6.14. The molecule has 13 heavy (non-hydrogen) atoms. The van der Waals surface area contributed by atoms with E-state index in [1.165, 1.54) is 0 Å². The lowest BCUT2D eigenvalue weighted by atomic mass is 10.8. The number of hydrogen-bond donors (Lipinski definition) is 0. The fourth-order valence-electron chi connectivity index (χ4n) is 0.709. The smallest absolute Gasteiger partial charge is 0.303 e. The summed E-state index contributed by atoms with van der Waals surface area (Å²) in [5.74, 6) is -1.35. The molecule has 1 atom stereocenters. The van der Waals surface area contributed by atoms with Crippen LogP contribution in [0.15, 0.2) is 0 Å². The maximum absolute atomic E-state index is 11.7. The average molecular weight is 202 g/mol. The van der Waals surface area contributed by atoms with E-state index in [4.69, 9.17) is 20.9 Å². The third-order valence-electron chi connectivity index (χ3n) is 1.16. The Hall–Kier alpha value is -0.870. The molecular formula is C7H11N2O3P. The molecule has 0 aliphatic heterocycles. The summed E-state index contributed by atoms with van der Waals surface area (Å²) < 4.78 is 21.3. The van der Waals surface area contributed by atoms with Gasteiger partial charge in [-0.25, -0.2) is 11.1 Å². The molecule has 0 saturated heterocycles. The van der Waals surface area contributed by atoms with Gasteiger partial charge in [0.05, 0.1) is 13.2 Å². The van der Waals surface area contributed by atoms with Crippen molar-refractivity contribution in [2.45, 2.75) is 19.6 Å². The summed E-state index contributed by atoms with van der Waals surface area (Å²) >= 11 is 0. The predicted molar refractivity (Wildman–Crippen MR) is 46.9 cm³/mol. The average Bonchev–Trinajstić information content (AvgIpc) is 2.07. The first-order valence-electron chi connectivity index (χ1n) is 3.79. The second kappa shape index (κ2) is 5.72. The second-order valence-electron chi connectivity index (χ2n) is 2.01. The highest BCUT2D eigenvalue weighted by Gasteiger charge is 2.41. The molecule has 0 amide bonds. The van der Waals surface area contributed by atoms with E-state index in [9.17, 15) is 4.57 Å². The molecule has 0 saturated carbocycles. The van der Waals surface area contributed by atoms with Gasteiger partial charge in [0.15, 0.2) is 6.07 Å². The monoisotopic (exact) mass is 202 g/mol. The second-order valence-corrected chi connectivity index (χ2v) is 4.09. The topological polar surface area (TPSA) is 63.7 Å². The zero-order valence-electron chi connectivity index (χ0n) is 7.56. The molecule has 72 valence electrons. The summed E-state index contributed by atoms with van der Waals surface area (Å²) in [5.41, 5.74) is 0. The van der Waals surface area contributed by atoms with Crippen molar-refractivity contribution in [3.8, 4) is 6.07 Å². The van der Waals surface area contributed by atoms with Gasteiger partial charge in [0.1, 0.15) is 0 Å². The minimum absolute atomic E-state index is 0.158. The van der Waals surface area contributed by atoms with Gasteiger partial charge in [0, 0.05) is 0 Å². The van der Waals surface area contributed by atoms with E-state index in [2.05, 4.69) is 4.85 Å². The van der Waals surface area contributed by atoms with E-state index in [0.717, 1.165) is 0 Å². The van der Waals surface area contributed by atoms with Gasteiger partial charge < -0.3 is 9.05 Å². The van der Waals surface area contributed by atoms with Crippen LogP contribution < -0.4 is 0 Å². The molecule has 0 aliphatic carbocycles. The predicted octanol–water partition coefficient (Wildman–Crippen LogP) is 2.02. The van der Waals surface area contributed by atoms with Crippen molar-refractivity contribution in [1.29, 1.82) is 5.26 Å². The van der Waals surface area contributed by atoms with Crippen molar-refractivity contribution in [3.63, 3.8) is 0 Å². The first kappa shape index (κ1) is 12.1. The molecule has 0 heterocycles. The summed E-state index contributed by atoms with van der Waals surface area (Å²) in [6.45, 7) is 10.2. The molecule has 0 aromatic rings. The molecule has 5 nitrogen and oxygen atoms in total. The molecule has 0 bridgehead atoms. The molecule has 0 aliphatic rings. The molecule has 6 heteroatoms. The van der Waals surface area contributed by atoms with Crippen LogP contribution >= 0.6 is 7.60 Å². The van der Waals surface area contributed by atoms with Crippen molar-refractivity contribution in [2.75, 3.05) is 13.2 Å². The Morgan fingerprint density at radius 2 is 2.00 bits per heavy atom. The van der Waals surface area contributed by atoms with E-state index in [-0.39, 0.29) is 13.2 Å². The van der Waals surface area contributed by atoms with Crippen LogP contribution in [0.3, 0.4) is 0 Å². The lowest BCUT2D eigenvalue weighted by Crippen LogP contribution is -2.07. The standard InChI is InChI=1S/C7H11N2O3P/c1-4-11-13(10,12-5-2)7(6-8)9-3/h7H,4-5H2,1-2H3. The van der Waals surface area contributed by atoms with Gasteiger partial charge in [-0.2, -0.15) is 5.26 Å². The Morgan fingerprint density at radius 3 is 2.23 bits per heavy atom. The summed E-state index contributed by atoms with van der Waals surface area (Å²) in [6.07, 6.45) is 0. The summed E-state index contributed by atoms with van der Waals surface area (Å²) in [4.78, 5) is 2.89. The van der Waals surface area contributed by atoms with Crippen molar-refractivity contribution >= 4 is 7.60 Å². The fourth-order valence-corrected chi connectivity index (χ4v) is 2.07. The van der Waals surface area contributed by atoms with E-state index in [1.807, 2.05) is 0 Å². The van der Waals surface area contributed by atoms with Gasteiger partial charge in [-0.3, -0.25) is 4.85 Å². The van der Waals surface area contributed by atoms with Gasteiger partial charge in [-0.1, -0.05) is 0 Å². The van der Waals surface area contributed by atoms with Crippen LogP contribution in [0.1, 0.15) is 13.8 Å². The number of nitriles is 1. The Labute approximate surface area is 77.6 Å². The highest BCUT2D eigenvalue weighted by molar-refractivity contribution is 7.55. The Morgan fingerprint density at radius 1 is 1.54 bits per heavy atom. The maximum Gasteiger partial charge on any atom is 0.428 e. The van der Waals surface area contributed by atoms with E-state index >= 15 is 0 Å². The maximum atomic E-state index is 11.7. The lowest BCUT2D eigenvalue weighted by molar-refractivity contribution is 0.219. The van der Waals surface area contributed by atoms with E-state index < -0.39 is 13.4 Å². The third kappa shape index (κ3) is 3.16. The minimum Gasteiger partial charge on any atom is -0.303 e. The number of nitrogens with zero attached hydrogens (tertiary/aromatic N) is 2. The van der Waals surface area contributed by atoms with Gasteiger partial charge in [-0.15, -0.1) is 0 Å². The van der Waals surface area contributed by atoms with E-state index in [0.29, 0.717) is 0 Å². The number of rotatable bonds is 5. The fraction of sp³-hybridized carbons (Fsp3) is 0.714. The quantitative estimate of drug-likeness (QED) is 0.505. The summed E-state index contributed by atoms with van der Waals surface area (Å²) in [6, 6.07) is 1.59. The normalized spacial score (nSPS) is 12.9. The van der Waals surface area contributed by atoms with Crippen molar-refractivity contribution < 1.29 is 13.6 Å². The SMILES string of the molecule is [C-]#[N+]C(C#N)P(=O)(OCC)OCC. The summed E-state index contributed by atoms with van der Waals surface area (Å²) in [7, 11) is -3.54. The molecule has 0 aromatic heterocycles. The Bertz CT molecular complexity index is 254. The molecule has 0 spiro atoms.